The highest BCUT2D eigenvalue weighted by Gasteiger charge is 2.45. The van der Waals surface area contributed by atoms with E-state index in [4.69, 9.17) is 4.74 Å². The van der Waals surface area contributed by atoms with Crippen molar-refractivity contribution in [3.63, 3.8) is 0 Å². The first-order chi connectivity index (χ1) is 17.9. The minimum atomic E-state index is -0.901. The molecule has 7 nitrogen and oxygen atoms in total. The van der Waals surface area contributed by atoms with Gasteiger partial charge in [0.15, 0.2) is 0 Å². The van der Waals surface area contributed by atoms with E-state index in [1.54, 1.807) is 24.3 Å². The van der Waals surface area contributed by atoms with Crippen molar-refractivity contribution < 1.29 is 28.6 Å². The van der Waals surface area contributed by atoms with Crippen LogP contribution in [0.4, 0.5) is 4.39 Å². The number of aromatic amines is 1. The zero-order chi connectivity index (χ0) is 26.1. The molecule has 0 aliphatic carbocycles. The molecule has 0 saturated carbocycles. The Morgan fingerprint density at radius 3 is 2.38 bits per heavy atom. The number of H-pyrrole nitrogens is 1. The van der Waals surface area contributed by atoms with Gasteiger partial charge in [-0.3, -0.25) is 9.59 Å². The lowest BCUT2D eigenvalue weighted by Crippen LogP contribution is -2.31. The van der Waals surface area contributed by atoms with Gasteiger partial charge in [0.2, 0.25) is 0 Å². The molecule has 1 aliphatic heterocycles. The molecule has 1 amide bonds. The summed E-state index contributed by atoms with van der Waals surface area (Å²) >= 11 is 0. The Morgan fingerprint density at radius 1 is 1.00 bits per heavy atom. The van der Waals surface area contributed by atoms with Crippen molar-refractivity contribution in [1.82, 2.24) is 9.88 Å². The van der Waals surface area contributed by atoms with Crippen LogP contribution in [0.5, 0.6) is 0 Å². The van der Waals surface area contributed by atoms with Crippen molar-refractivity contribution in [2.45, 2.75) is 12.5 Å². The van der Waals surface area contributed by atoms with Gasteiger partial charge in [-0.15, -0.1) is 0 Å². The molecule has 1 fully saturated rings. The van der Waals surface area contributed by atoms with Crippen LogP contribution in [0.15, 0.2) is 84.6 Å². The number of ketones is 1. The number of aromatic nitrogens is 1. The molecule has 3 aromatic carbocycles. The number of carbonyl (C=O) groups is 3. The predicted molar refractivity (Wildman–Crippen MR) is 135 cm³/mol. The molecule has 1 atom stereocenters. The number of ether oxygens (including phenoxy) is 1. The summed E-state index contributed by atoms with van der Waals surface area (Å²) in [5.74, 6) is -2.99. The van der Waals surface area contributed by atoms with E-state index in [-0.39, 0.29) is 17.7 Å². The Balaban J connectivity index is 1.56. The number of fused-ring (bicyclic) bond motifs is 1. The number of aliphatic hydroxyl groups is 1. The molecule has 37 heavy (non-hydrogen) atoms. The van der Waals surface area contributed by atoms with Gasteiger partial charge in [-0.25, -0.2) is 9.18 Å². The highest BCUT2D eigenvalue weighted by atomic mass is 19.1. The van der Waals surface area contributed by atoms with Crippen molar-refractivity contribution in [1.29, 1.82) is 0 Å². The molecule has 1 aromatic heterocycles. The van der Waals surface area contributed by atoms with E-state index in [1.807, 2.05) is 30.5 Å². The van der Waals surface area contributed by atoms with Crippen LogP contribution in [0, 0.1) is 5.82 Å². The zero-order valence-electron chi connectivity index (χ0n) is 19.9. The van der Waals surface area contributed by atoms with Crippen molar-refractivity contribution in [3.05, 3.63) is 113 Å². The van der Waals surface area contributed by atoms with E-state index in [1.165, 1.54) is 36.3 Å². The molecule has 5 rings (SSSR count). The van der Waals surface area contributed by atoms with Gasteiger partial charge < -0.3 is 19.7 Å². The molecule has 2 N–H and O–H groups in total. The zero-order valence-corrected chi connectivity index (χ0v) is 19.9. The summed E-state index contributed by atoms with van der Waals surface area (Å²) in [5.41, 5.74) is 2.91. The average Bonchev–Trinajstić information content (AvgIpc) is 3.45. The first-order valence-corrected chi connectivity index (χ1v) is 11.7. The van der Waals surface area contributed by atoms with Gasteiger partial charge in [0, 0.05) is 29.2 Å². The second-order valence-electron chi connectivity index (χ2n) is 8.72. The van der Waals surface area contributed by atoms with Crippen molar-refractivity contribution in [2.24, 2.45) is 0 Å². The largest absolute Gasteiger partial charge is 0.507 e. The van der Waals surface area contributed by atoms with Crippen LogP contribution in [0.1, 0.15) is 33.1 Å². The van der Waals surface area contributed by atoms with Crippen LogP contribution in [-0.2, 0) is 20.7 Å². The molecule has 0 unspecified atom stereocenters. The Morgan fingerprint density at radius 2 is 1.68 bits per heavy atom. The quantitative estimate of drug-likeness (QED) is 0.173. The van der Waals surface area contributed by atoms with Crippen molar-refractivity contribution in [2.75, 3.05) is 13.7 Å². The minimum Gasteiger partial charge on any atom is -0.507 e. The second-order valence-corrected chi connectivity index (χ2v) is 8.72. The van der Waals surface area contributed by atoms with Crippen LogP contribution in [0.3, 0.4) is 0 Å². The average molecular weight is 499 g/mol. The Bertz CT molecular complexity index is 1540. The number of carbonyl (C=O) groups excluding carboxylic acids is 3. The first-order valence-electron chi connectivity index (χ1n) is 11.7. The number of halogens is 1. The van der Waals surface area contributed by atoms with Gasteiger partial charge in [-0.05, 0) is 60.0 Å². The number of hydrogen-bond donors (Lipinski definition) is 2. The summed E-state index contributed by atoms with van der Waals surface area (Å²) in [7, 11) is 1.28. The van der Waals surface area contributed by atoms with Crippen LogP contribution >= 0.6 is 0 Å². The number of nitrogens with zero attached hydrogens (tertiary/aromatic N) is 1. The maximum Gasteiger partial charge on any atom is 0.337 e. The van der Waals surface area contributed by atoms with E-state index in [9.17, 15) is 23.9 Å². The second kappa shape index (κ2) is 9.73. The lowest BCUT2D eigenvalue weighted by molar-refractivity contribution is -0.139. The predicted octanol–water partition coefficient (Wildman–Crippen LogP) is 4.76. The van der Waals surface area contributed by atoms with Gasteiger partial charge in [0.05, 0.1) is 24.3 Å². The Kier molecular flexibility index (Phi) is 6.31. The number of esters is 1. The number of nitrogens with one attached hydrogen (secondary N) is 1. The number of aliphatic hydroxyl groups excluding tert-OH is 1. The smallest absolute Gasteiger partial charge is 0.337 e. The van der Waals surface area contributed by atoms with E-state index in [2.05, 4.69) is 4.98 Å². The molecular weight excluding hydrogens is 475 g/mol. The first kappa shape index (κ1) is 24.0. The third-order valence-corrected chi connectivity index (χ3v) is 6.60. The Hall–Kier alpha value is -4.72. The van der Waals surface area contributed by atoms with Crippen LogP contribution < -0.4 is 0 Å². The summed E-state index contributed by atoms with van der Waals surface area (Å²) in [5, 5.41) is 12.1. The lowest BCUT2D eigenvalue weighted by Gasteiger charge is -2.25. The number of hydrogen-bond acceptors (Lipinski definition) is 5. The number of para-hydroxylation sites is 1. The van der Waals surface area contributed by atoms with Crippen LogP contribution in [0.25, 0.3) is 16.7 Å². The number of methoxy groups -OCH3 is 1. The van der Waals surface area contributed by atoms with Gasteiger partial charge >= 0.3 is 5.97 Å². The molecular formula is C29H23FN2O5. The maximum absolute atomic E-state index is 13.5. The summed E-state index contributed by atoms with van der Waals surface area (Å²) in [6.45, 7) is 0.204. The lowest BCUT2D eigenvalue weighted by atomic mass is 9.94. The molecule has 0 spiro atoms. The molecule has 1 saturated heterocycles. The van der Waals surface area contributed by atoms with Crippen LogP contribution in [0.2, 0.25) is 0 Å². The third-order valence-electron chi connectivity index (χ3n) is 6.60. The van der Waals surface area contributed by atoms with Crippen LogP contribution in [-0.4, -0.2) is 46.3 Å². The normalized spacial score (nSPS) is 16.9. The minimum absolute atomic E-state index is 0.0960. The molecule has 186 valence electrons. The monoisotopic (exact) mass is 498 g/mol. The van der Waals surface area contributed by atoms with Crippen molar-refractivity contribution in [3.8, 4) is 0 Å². The van der Waals surface area contributed by atoms with E-state index in [0.717, 1.165) is 16.5 Å². The number of benzene rings is 3. The van der Waals surface area contributed by atoms with Gasteiger partial charge in [-0.1, -0.05) is 30.3 Å². The fourth-order valence-electron chi connectivity index (χ4n) is 4.72. The summed E-state index contributed by atoms with van der Waals surface area (Å²) < 4.78 is 18.2. The Labute approximate surface area is 211 Å². The molecule has 8 heteroatoms. The van der Waals surface area contributed by atoms with E-state index < -0.39 is 35.3 Å². The fourth-order valence-corrected chi connectivity index (χ4v) is 4.72. The number of amides is 1. The van der Waals surface area contributed by atoms with E-state index in [0.29, 0.717) is 17.5 Å². The number of likely N-dealkylation sites (tertiary alicyclic amines) is 1. The highest BCUT2D eigenvalue weighted by Crippen LogP contribution is 2.39. The molecule has 1 aliphatic rings. The number of Topliss-reactive ketones (excluding diaryl/α,β-unsaturated/α-hetero) is 1. The highest BCUT2D eigenvalue weighted by molar-refractivity contribution is 6.46. The van der Waals surface area contributed by atoms with Crippen molar-refractivity contribution >= 4 is 34.3 Å². The maximum atomic E-state index is 13.5. The fraction of sp³-hybridized carbons (Fsp3) is 0.138. The molecule has 4 aromatic rings. The standard InChI is InChI=1S/C29H23FN2O5/c1-37-29(36)19-8-6-17(7-9-19)25-24(26(33)18-10-12-21(30)13-11-18)27(34)28(35)32(25)15-14-20-16-31-23-5-3-2-4-22(20)23/h2-13,16,25,31,33H,14-15H2,1H3/t25-/m1/s1. The van der Waals surface area contributed by atoms with Gasteiger partial charge in [0.1, 0.15) is 11.6 Å². The van der Waals surface area contributed by atoms with E-state index >= 15 is 0 Å². The third kappa shape index (κ3) is 4.38. The molecule has 2 heterocycles. The summed E-state index contributed by atoms with van der Waals surface area (Å²) in [6.07, 6.45) is 2.34. The number of rotatable bonds is 6. The SMILES string of the molecule is COC(=O)c1ccc([C@@H]2C(=C(O)c3ccc(F)cc3)C(=O)C(=O)N2CCc2c[nH]c3ccccc23)cc1. The topological polar surface area (TPSA) is 99.7 Å². The summed E-state index contributed by atoms with van der Waals surface area (Å²) in [6, 6.07) is 18.3. The molecule has 0 bridgehead atoms. The van der Waals surface area contributed by atoms with Gasteiger partial charge in [-0.2, -0.15) is 0 Å². The summed E-state index contributed by atoms with van der Waals surface area (Å²) in [4.78, 5) is 43.0. The van der Waals surface area contributed by atoms with Gasteiger partial charge in [0.25, 0.3) is 11.7 Å². The molecule has 0 radical (unpaired) electrons.